The largest absolute Gasteiger partial charge is 0.374 e. The quantitative estimate of drug-likeness (QED) is 0.756. The van der Waals surface area contributed by atoms with Crippen LogP contribution in [0.4, 0.5) is 0 Å². The highest BCUT2D eigenvalue weighted by Gasteiger charge is 2.16. The third-order valence-corrected chi connectivity index (χ3v) is 2.58. The second-order valence-electron chi connectivity index (χ2n) is 3.84. The van der Waals surface area contributed by atoms with E-state index in [1.165, 1.54) is 0 Å². The Labute approximate surface area is 88.7 Å². The average molecular weight is 208 g/mol. The summed E-state index contributed by atoms with van der Waals surface area (Å²) in [6.45, 7) is 3.18. The first-order valence-electron chi connectivity index (χ1n) is 5.50. The van der Waals surface area contributed by atoms with Crippen molar-refractivity contribution in [3.8, 4) is 0 Å². The average Bonchev–Trinajstić information content (AvgIpc) is 2.66. The maximum absolute atomic E-state index is 11.6. The maximum atomic E-state index is 11.6. The minimum Gasteiger partial charge on any atom is -0.374 e. The van der Waals surface area contributed by atoms with Crippen LogP contribution < -0.4 is 5.56 Å². The molecule has 4 nitrogen and oxygen atoms in total. The third-order valence-electron chi connectivity index (χ3n) is 2.58. The molecular formula is C11H16N2O2. The van der Waals surface area contributed by atoms with Crippen LogP contribution in [0.25, 0.3) is 0 Å². The lowest BCUT2D eigenvalue weighted by molar-refractivity contribution is 0.115. The van der Waals surface area contributed by atoms with Crippen LogP contribution in [-0.4, -0.2) is 16.6 Å². The van der Waals surface area contributed by atoms with Crippen molar-refractivity contribution in [2.45, 2.75) is 39.2 Å². The van der Waals surface area contributed by atoms with E-state index in [0.29, 0.717) is 19.0 Å². The Morgan fingerprint density at radius 3 is 3.13 bits per heavy atom. The van der Waals surface area contributed by atoms with E-state index in [-0.39, 0.29) is 5.56 Å². The summed E-state index contributed by atoms with van der Waals surface area (Å²) in [5, 5.41) is 0. The van der Waals surface area contributed by atoms with E-state index in [4.69, 9.17) is 4.74 Å². The molecule has 1 aromatic rings. The summed E-state index contributed by atoms with van der Waals surface area (Å²) in [7, 11) is 0. The van der Waals surface area contributed by atoms with Crippen LogP contribution in [0.2, 0.25) is 0 Å². The fraction of sp³-hybridized carbons (Fsp3) is 0.636. The number of H-pyrrole nitrogens is 1. The van der Waals surface area contributed by atoms with Crippen LogP contribution in [0, 0.1) is 0 Å². The monoisotopic (exact) mass is 208 g/mol. The number of rotatable bonds is 4. The number of fused-ring (bicyclic) bond motifs is 1. The molecule has 4 heteroatoms. The Kier molecular flexibility index (Phi) is 3.16. The van der Waals surface area contributed by atoms with Crippen molar-refractivity contribution in [3.63, 3.8) is 0 Å². The molecule has 1 aromatic heterocycles. The predicted octanol–water partition coefficient (Wildman–Crippen LogP) is 1.19. The normalized spacial score (nSPS) is 14.2. The molecule has 1 aliphatic rings. The molecule has 0 amide bonds. The van der Waals surface area contributed by atoms with Gasteiger partial charge in [-0.25, -0.2) is 4.98 Å². The summed E-state index contributed by atoms with van der Waals surface area (Å²) in [4.78, 5) is 18.8. The number of aromatic nitrogens is 2. The Morgan fingerprint density at radius 2 is 2.33 bits per heavy atom. The highest BCUT2D eigenvalue weighted by Crippen LogP contribution is 2.15. The number of hydrogen-bond donors (Lipinski definition) is 1. The number of nitrogens with one attached hydrogen (secondary N) is 1. The van der Waals surface area contributed by atoms with Crippen LogP contribution in [0.5, 0.6) is 0 Å². The zero-order chi connectivity index (χ0) is 10.7. The lowest BCUT2D eigenvalue weighted by Crippen LogP contribution is -2.17. The van der Waals surface area contributed by atoms with Crippen molar-refractivity contribution in [2.75, 3.05) is 6.61 Å². The Morgan fingerprint density at radius 1 is 1.47 bits per heavy atom. The number of aromatic amines is 1. The molecular weight excluding hydrogens is 192 g/mol. The summed E-state index contributed by atoms with van der Waals surface area (Å²) in [5.74, 6) is 0.661. The molecule has 0 atom stereocenters. The van der Waals surface area contributed by atoms with Gasteiger partial charge in [0.05, 0.1) is 5.69 Å². The van der Waals surface area contributed by atoms with Gasteiger partial charge < -0.3 is 9.72 Å². The fourth-order valence-corrected chi connectivity index (χ4v) is 1.87. The summed E-state index contributed by atoms with van der Waals surface area (Å²) in [6, 6.07) is 0. The summed E-state index contributed by atoms with van der Waals surface area (Å²) in [6.07, 6.45) is 3.83. The van der Waals surface area contributed by atoms with Gasteiger partial charge in [-0.05, 0) is 25.7 Å². The topological polar surface area (TPSA) is 55.0 Å². The van der Waals surface area contributed by atoms with Gasteiger partial charge in [-0.2, -0.15) is 0 Å². The Balaban J connectivity index is 2.13. The van der Waals surface area contributed by atoms with Gasteiger partial charge in [0, 0.05) is 12.2 Å². The predicted molar refractivity (Wildman–Crippen MR) is 56.8 cm³/mol. The molecule has 0 unspecified atom stereocenters. The van der Waals surface area contributed by atoms with E-state index < -0.39 is 0 Å². The standard InChI is InChI=1S/C11H16N2O2/c1-2-6-15-7-10-12-9-5-3-4-8(9)11(14)13-10/h2-7H2,1H3,(H,12,13,14). The van der Waals surface area contributed by atoms with Gasteiger partial charge in [0.1, 0.15) is 12.4 Å². The second kappa shape index (κ2) is 4.57. The SMILES string of the molecule is CCCOCc1nc2c(c(=O)[nH]1)CCC2. The molecule has 15 heavy (non-hydrogen) atoms. The van der Waals surface area contributed by atoms with E-state index in [9.17, 15) is 4.79 Å². The van der Waals surface area contributed by atoms with E-state index in [0.717, 1.165) is 36.9 Å². The van der Waals surface area contributed by atoms with Crippen molar-refractivity contribution in [1.82, 2.24) is 9.97 Å². The lowest BCUT2D eigenvalue weighted by atomic mass is 10.2. The van der Waals surface area contributed by atoms with Crippen LogP contribution in [0.3, 0.4) is 0 Å². The molecule has 0 bridgehead atoms. The highest BCUT2D eigenvalue weighted by molar-refractivity contribution is 5.22. The van der Waals surface area contributed by atoms with Gasteiger partial charge >= 0.3 is 0 Å². The van der Waals surface area contributed by atoms with Gasteiger partial charge in [0.15, 0.2) is 0 Å². The first-order valence-corrected chi connectivity index (χ1v) is 5.50. The smallest absolute Gasteiger partial charge is 0.254 e. The molecule has 1 aliphatic carbocycles. The summed E-state index contributed by atoms with van der Waals surface area (Å²) in [5.41, 5.74) is 1.86. The zero-order valence-electron chi connectivity index (χ0n) is 9.01. The number of ether oxygens (including phenoxy) is 1. The van der Waals surface area contributed by atoms with Crippen molar-refractivity contribution >= 4 is 0 Å². The van der Waals surface area contributed by atoms with Crippen molar-refractivity contribution < 1.29 is 4.74 Å². The molecule has 0 spiro atoms. The van der Waals surface area contributed by atoms with Gasteiger partial charge in [0.25, 0.3) is 5.56 Å². The highest BCUT2D eigenvalue weighted by atomic mass is 16.5. The Hall–Kier alpha value is -1.16. The van der Waals surface area contributed by atoms with Gasteiger partial charge in [-0.1, -0.05) is 6.92 Å². The zero-order valence-corrected chi connectivity index (χ0v) is 9.01. The van der Waals surface area contributed by atoms with Gasteiger partial charge in [0.2, 0.25) is 0 Å². The molecule has 0 saturated carbocycles. The van der Waals surface area contributed by atoms with Crippen LogP contribution in [0.15, 0.2) is 4.79 Å². The summed E-state index contributed by atoms with van der Waals surface area (Å²) >= 11 is 0. The molecule has 0 radical (unpaired) electrons. The molecule has 2 rings (SSSR count). The van der Waals surface area contributed by atoms with Crippen LogP contribution in [-0.2, 0) is 24.2 Å². The summed E-state index contributed by atoms with van der Waals surface area (Å²) < 4.78 is 5.35. The van der Waals surface area contributed by atoms with Crippen LogP contribution in [0.1, 0.15) is 36.8 Å². The molecule has 0 fully saturated rings. The van der Waals surface area contributed by atoms with E-state index in [1.807, 2.05) is 0 Å². The number of nitrogens with zero attached hydrogens (tertiary/aromatic N) is 1. The molecule has 1 heterocycles. The third kappa shape index (κ3) is 2.26. The molecule has 82 valence electrons. The first-order chi connectivity index (χ1) is 7.31. The van der Waals surface area contributed by atoms with Crippen molar-refractivity contribution in [2.24, 2.45) is 0 Å². The molecule has 0 aliphatic heterocycles. The molecule has 0 saturated heterocycles. The minimum atomic E-state index is 0.0209. The maximum Gasteiger partial charge on any atom is 0.254 e. The minimum absolute atomic E-state index is 0.0209. The lowest BCUT2D eigenvalue weighted by Gasteiger charge is -2.04. The van der Waals surface area contributed by atoms with E-state index in [1.54, 1.807) is 0 Å². The number of hydrogen-bond acceptors (Lipinski definition) is 3. The van der Waals surface area contributed by atoms with Gasteiger partial charge in [-0.3, -0.25) is 4.79 Å². The first kappa shape index (κ1) is 10.4. The fourth-order valence-electron chi connectivity index (χ4n) is 1.87. The van der Waals surface area contributed by atoms with Crippen molar-refractivity contribution in [3.05, 3.63) is 27.4 Å². The Bertz CT molecular complexity index is 398. The van der Waals surface area contributed by atoms with Gasteiger partial charge in [-0.15, -0.1) is 0 Å². The van der Waals surface area contributed by atoms with E-state index in [2.05, 4.69) is 16.9 Å². The number of aryl methyl sites for hydroxylation is 1. The van der Waals surface area contributed by atoms with Crippen LogP contribution >= 0.6 is 0 Å². The molecule has 0 aromatic carbocycles. The molecule has 1 N–H and O–H groups in total. The second-order valence-corrected chi connectivity index (χ2v) is 3.84. The van der Waals surface area contributed by atoms with Crippen molar-refractivity contribution in [1.29, 1.82) is 0 Å². The van der Waals surface area contributed by atoms with E-state index >= 15 is 0 Å².